The Morgan fingerprint density at radius 2 is 1.89 bits per heavy atom. The highest BCUT2D eigenvalue weighted by Gasteiger charge is 2.17. The van der Waals surface area contributed by atoms with E-state index >= 15 is 0 Å². The summed E-state index contributed by atoms with van der Waals surface area (Å²) in [6, 6.07) is 0. The predicted molar refractivity (Wildman–Crippen MR) is 64.0 cm³/mol. The summed E-state index contributed by atoms with van der Waals surface area (Å²) in [5.74, 6) is -1.20. The second-order valence-electron chi connectivity index (χ2n) is 3.94. The molecule has 0 radical (unpaired) electrons. The molecule has 0 aromatic rings. The first-order valence-corrected chi connectivity index (χ1v) is 7.05. The van der Waals surface area contributed by atoms with Crippen LogP contribution in [0.1, 0.15) is 32.6 Å². The summed E-state index contributed by atoms with van der Waals surface area (Å²) in [6.45, 7) is 1.50. The van der Waals surface area contributed by atoms with Gasteiger partial charge < -0.3 is 24.5 Å². The molecule has 0 bridgehead atoms. The molecule has 1 fully saturated rings. The van der Waals surface area contributed by atoms with E-state index in [1.807, 2.05) is 0 Å². The van der Waals surface area contributed by atoms with Crippen molar-refractivity contribution >= 4 is 19.8 Å². The lowest BCUT2D eigenvalue weighted by molar-refractivity contribution is -0.146. The van der Waals surface area contributed by atoms with Gasteiger partial charge in [0.15, 0.2) is 0 Å². The number of hydrogen-bond acceptors (Lipinski definition) is 4. The van der Waals surface area contributed by atoms with Crippen molar-refractivity contribution in [2.75, 3.05) is 0 Å². The van der Waals surface area contributed by atoms with Crippen LogP contribution in [0, 0.1) is 0 Å². The van der Waals surface area contributed by atoms with Gasteiger partial charge in [-0.2, -0.15) is 0 Å². The molecule has 8 nitrogen and oxygen atoms in total. The number of rotatable bonds is 2. The summed E-state index contributed by atoms with van der Waals surface area (Å²) in [5, 5.41) is 8.64. The molecule has 1 atom stereocenters. The highest BCUT2D eigenvalue weighted by molar-refractivity contribution is 7.45. The van der Waals surface area contributed by atoms with Crippen molar-refractivity contribution in [1.82, 2.24) is 0 Å². The zero-order chi connectivity index (χ0) is 15.1. The number of carboxylic acid groups (broad SMARTS) is 1. The molecule has 19 heavy (non-hydrogen) atoms. The van der Waals surface area contributed by atoms with Gasteiger partial charge in [-0.15, -0.1) is 0 Å². The van der Waals surface area contributed by atoms with E-state index in [0.29, 0.717) is 6.42 Å². The predicted octanol–water partition coefficient (Wildman–Crippen LogP) is 0.575. The van der Waals surface area contributed by atoms with Crippen LogP contribution in [0.5, 0.6) is 0 Å². The Balaban J connectivity index is 0.000000555. The van der Waals surface area contributed by atoms with E-state index < -0.39 is 13.8 Å². The summed E-state index contributed by atoms with van der Waals surface area (Å²) in [6.07, 6.45) is 4.04. The molecule has 1 aliphatic heterocycles. The van der Waals surface area contributed by atoms with Crippen molar-refractivity contribution < 1.29 is 38.7 Å². The van der Waals surface area contributed by atoms with Crippen molar-refractivity contribution in [3.05, 3.63) is 11.6 Å². The number of ether oxygens (including phenoxy) is 1. The lowest BCUT2D eigenvalue weighted by Gasteiger charge is -2.10. The molecule has 1 saturated heterocycles. The largest absolute Gasteiger partial charge is 0.478 e. The van der Waals surface area contributed by atoms with Crippen molar-refractivity contribution in [3.63, 3.8) is 0 Å². The molecular formula is C10H17O8P. The average Bonchev–Trinajstić information content (AvgIpc) is 2.40. The highest BCUT2D eigenvalue weighted by atomic mass is 31.2. The fraction of sp³-hybridized carbons (Fsp3) is 0.600. The van der Waals surface area contributed by atoms with Gasteiger partial charge in [-0.25, -0.2) is 9.36 Å². The fourth-order valence-corrected chi connectivity index (χ4v) is 1.37. The Kier molecular flexibility index (Phi) is 7.55. The molecule has 1 heterocycles. The van der Waals surface area contributed by atoms with E-state index in [0.717, 1.165) is 19.3 Å². The van der Waals surface area contributed by atoms with E-state index in [-0.39, 0.29) is 17.6 Å². The van der Waals surface area contributed by atoms with Gasteiger partial charge in [0.1, 0.15) is 6.10 Å². The molecule has 4 N–H and O–H groups in total. The first-order chi connectivity index (χ1) is 8.59. The van der Waals surface area contributed by atoms with Gasteiger partial charge in [-0.1, -0.05) is 0 Å². The van der Waals surface area contributed by atoms with Gasteiger partial charge >= 0.3 is 19.8 Å². The van der Waals surface area contributed by atoms with Crippen molar-refractivity contribution in [2.24, 2.45) is 0 Å². The Labute approximate surface area is 109 Å². The van der Waals surface area contributed by atoms with E-state index in [9.17, 15) is 9.59 Å². The molecule has 0 aromatic carbocycles. The van der Waals surface area contributed by atoms with Crippen molar-refractivity contribution in [2.45, 2.75) is 38.7 Å². The van der Waals surface area contributed by atoms with Crippen LogP contribution in [-0.2, 0) is 18.9 Å². The van der Waals surface area contributed by atoms with Gasteiger partial charge in [0.2, 0.25) is 0 Å². The normalized spacial score (nSPS) is 20.7. The standard InChI is InChI=1S/C10H14O4.H3O4P/c1-7(10(12)13)6-8-4-2-3-5-9(11)14-8;1-5(2,3)4/h6,8H,2-5H2,1H3,(H,12,13);(H3,1,2,3,4). The minimum Gasteiger partial charge on any atom is -0.478 e. The Hall–Kier alpha value is -1.21. The summed E-state index contributed by atoms with van der Waals surface area (Å²) in [5.41, 5.74) is 0.227. The minimum atomic E-state index is -4.64. The second-order valence-corrected chi connectivity index (χ2v) is 4.97. The number of esters is 1. The topological polar surface area (TPSA) is 141 Å². The van der Waals surface area contributed by atoms with Gasteiger partial charge in [-0.3, -0.25) is 4.79 Å². The first-order valence-electron chi connectivity index (χ1n) is 5.49. The molecule has 0 amide bonds. The summed E-state index contributed by atoms with van der Waals surface area (Å²) >= 11 is 0. The number of phosphoric acid groups is 1. The molecule has 0 aromatic heterocycles. The number of carbonyl (C=O) groups is 2. The van der Waals surface area contributed by atoms with Gasteiger partial charge in [-0.05, 0) is 32.3 Å². The smallest absolute Gasteiger partial charge is 0.466 e. The van der Waals surface area contributed by atoms with Crippen LogP contribution in [-0.4, -0.2) is 37.8 Å². The van der Waals surface area contributed by atoms with Crippen molar-refractivity contribution in [1.29, 1.82) is 0 Å². The highest BCUT2D eigenvalue weighted by Crippen LogP contribution is 2.25. The molecule has 1 rings (SSSR count). The number of carboxylic acids is 1. The van der Waals surface area contributed by atoms with Crippen LogP contribution in [0.4, 0.5) is 0 Å². The third kappa shape index (κ3) is 11.6. The molecule has 0 aliphatic carbocycles. The maximum atomic E-state index is 11.0. The summed E-state index contributed by atoms with van der Waals surface area (Å²) in [7, 11) is -4.64. The Morgan fingerprint density at radius 1 is 1.37 bits per heavy atom. The lowest BCUT2D eigenvalue weighted by Crippen LogP contribution is -2.14. The van der Waals surface area contributed by atoms with Crippen molar-refractivity contribution in [3.8, 4) is 0 Å². The maximum Gasteiger partial charge on any atom is 0.466 e. The molecule has 1 unspecified atom stereocenters. The van der Waals surface area contributed by atoms with Crippen LogP contribution >= 0.6 is 7.82 Å². The number of cyclic esters (lactones) is 1. The molecule has 0 saturated carbocycles. The van der Waals surface area contributed by atoms with Crippen LogP contribution in [0.25, 0.3) is 0 Å². The van der Waals surface area contributed by atoms with Crippen LogP contribution in [0.15, 0.2) is 11.6 Å². The maximum absolute atomic E-state index is 11.0. The van der Waals surface area contributed by atoms with Crippen LogP contribution in [0.3, 0.4) is 0 Å². The first kappa shape index (κ1) is 17.8. The lowest BCUT2D eigenvalue weighted by atomic mass is 10.1. The van der Waals surface area contributed by atoms with Gasteiger partial charge in [0.25, 0.3) is 0 Å². The SMILES string of the molecule is CC(=CC1CCCCC(=O)O1)C(=O)O.O=P(O)(O)O. The zero-order valence-electron chi connectivity index (χ0n) is 10.4. The van der Waals surface area contributed by atoms with Gasteiger partial charge in [0.05, 0.1) is 0 Å². The Bertz CT molecular complexity index is 388. The molecular weight excluding hydrogens is 279 g/mol. The van der Waals surface area contributed by atoms with E-state index in [1.54, 1.807) is 0 Å². The molecule has 1 aliphatic rings. The monoisotopic (exact) mass is 296 g/mol. The quantitative estimate of drug-likeness (QED) is 0.329. The fourth-order valence-electron chi connectivity index (χ4n) is 1.37. The van der Waals surface area contributed by atoms with Crippen LogP contribution < -0.4 is 0 Å². The van der Waals surface area contributed by atoms with E-state index in [2.05, 4.69) is 0 Å². The minimum absolute atomic E-state index is 0.227. The second kappa shape index (κ2) is 8.06. The number of hydrogen-bond donors (Lipinski definition) is 4. The molecule has 110 valence electrons. The Morgan fingerprint density at radius 3 is 2.37 bits per heavy atom. The zero-order valence-corrected chi connectivity index (χ0v) is 11.2. The summed E-state index contributed by atoms with van der Waals surface area (Å²) < 4.78 is 13.9. The third-order valence-corrected chi connectivity index (χ3v) is 2.18. The van der Waals surface area contributed by atoms with E-state index in [4.69, 9.17) is 29.1 Å². The van der Waals surface area contributed by atoms with Gasteiger partial charge in [0, 0.05) is 12.0 Å². The third-order valence-electron chi connectivity index (χ3n) is 2.18. The molecule has 9 heteroatoms. The molecule has 0 spiro atoms. The summed E-state index contributed by atoms with van der Waals surface area (Å²) in [4.78, 5) is 43.1. The van der Waals surface area contributed by atoms with E-state index in [1.165, 1.54) is 13.0 Å². The van der Waals surface area contributed by atoms with Crippen LogP contribution in [0.2, 0.25) is 0 Å². The number of aliphatic carboxylic acids is 1. The average molecular weight is 296 g/mol. The number of carbonyl (C=O) groups excluding carboxylic acids is 1.